The van der Waals surface area contributed by atoms with Crippen LogP contribution in [0.5, 0.6) is 0 Å². The highest BCUT2D eigenvalue weighted by molar-refractivity contribution is 6.35. The molecule has 1 fully saturated rings. The Bertz CT molecular complexity index is 516. The number of aliphatic carboxylic acids is 1. The van der Waals surface area contributed by atoms with Gasteiger partial charge >= 0.3 is 12.0 Å². The van der Waals surface area contributed by atoms with Gasteiger partial charge in [0.1, 0.15) is 0 Å². The van der Waals surface area contributed by atoms with Gasteiger partial charge in [-0.15, -0.1) is 0 Å². The Morgan fingerprint density at radius 3 is 2.35 bits per heavy atom. The molecule has 20 heavy (non-hydrogen) atoms. The van der Waals surface area contributed by atoms with E-state index in [9.17, 15) is 9.59 Å². The van der Waals surface area contributed by atoms with E-state index in [4.69, 9.17) is 28.3 Å². The Morgan fingerprint density at radius 1 is 1.15 bits per heavy atom. The van der Waals surface area contributed by atoms with Crippen LogP contribution in [0.25, 0.3) is 0 Å². The number of nitrogens with one attached hydrogen (secondary N) is 2. The van der Waals surface area contributed by atoms with Crippen LogP contribution in [-0.4, -0.2) is 23.1 Å². The van der Waals surface area contributed by atoms with Crippen molar-refractivity contribution in [2.75, 3.05) is 5.32 Å². The molecule has 0 unspecified atom stereocenters. The summed E-state index contributed by atoms with van der Waals surface area (Å²) in [6, 6.07) is 4.23. The van der Waals surface area contributed by atoms with Gasteiger partial charge in [-0.2, -0.15) is 0 Å². The predicted octanol–water partition coefficient (Wildman–Crippen LogP) is 3.37. The third-order valence-corrected chi connectivity index (χ3v) is 3.67. The van der Waals surface area contributed by atoms with Crippen LogP contribution < -0.4 is 10.6 Å². The van der Waals surface area contributed by atoms with Gasteiger partial charge in [0.25, 0.3) is 0 Å². The van der Waals surface area contributed by atoms with Crippen LogP contribution >= 0.6 is 23.2 Å². The smallest absolute Gasteiger partial charge is 0.319 e. The van der Waals surface area contributed by atoms with E-state index in [1.54, 1.807) is 18.2 Å². The van der Waals surface area contributed by atoms with E-state index in [-0.39, 0.29) is 18.0 Å². The van der Waals surface area contributed by atoms with E-state index >= 15 is 0 Å². The molecular weight excluding hydrogens is 303 g/mol. The molecule has 1 aliphatic carbocycles. The van der Waals surface area contributed by atoms with Gasteiger partial charge < -0.3 is 15.7 Å². The maximum atomic E-state index is 11.8. The summed E-state index contributed by atoms with van der Waals surface area (Å²) in [4.78, 5) is 22.7. The maximum Gasteiger partial charge on any atom is 0.319 e. The van der Waals surface area contributed by atoms with Crippen molar-refractivity contribution >= 4 is 40.9 Å². The topological polar surface area (TPSA) is 78.4 Å². The summed E-state index contributed by atoms with van der Waals surface area (Å²) < 4.78 is 0. The van der Waals surface area contributed by atoms with Gasteiger partial charge in [0, 0.05) is 21.8 Å². The molecule has 108 valence electrons. The molecule has 1 aliphatic rings. The normalized spacial score (nSPS) is 21.5. The first-order valence-corrected chi connectivity index (χ1v) is 6.96. The van der Waals surface area contributed by atoms with Gasteiger partial charge in [-0.3, -0.25) is 4.79 Å². The van der Waals surface area contributed by atoms with Gasteiger partial charge in [-0.1, -0.05) is 23.2 Å². The molecule has 0 aromatic heterocycles. The van der Waals surface area contributed by atoms with Crippen molar-refractivity contribution in [1.82, 2.24) is 5.32 Å². The quantitative estimate of drug-likeness (QED) is 0.800. The zero-order chi connectivity index (χ0) is 14.7. The number of benzene rings is 1. The monoisotopic (exact) mass is 316 g/mol. The van der Waals surface area contributed by atoms with E-state index < -0.39 is 5.97 Å². The number of rotatable bonds is 3. The Balaban J connectivity index is 1.88. The second-order valence-corrected chi connectivity index (χ2v) is 5.67. The molecule has 0 saturated heterocycles. The lowest BCUT2D eigenvalue weighted by Crippen LogP contribution is -2.36. The summed E-state index contributed by atoms with van der Waals surface area (Å²) in [5, 5.41) is 15.1. The fourth-order valence-corrected chi connectivity index (χ4v) is 2.84. The Labute approximate surface area is 126 Å². The molecule has 0 radical (unpaired) electrons. The summed E-state index contributed by atoms with van der Waals surface area (Å²) in [6.07, 6.45) is 1.71. The molecule has 0 spiro atoms. The fraction of sp³-hybridized carbons (Fsp3) is 0.385. The molecule has 2 rings (SSSR count). The molecule has 0 bridgehead atoms. The number of urea groups is 1. The number of hydrogen-bond acceptors (Lipinski definition) is 2. The Hall–Kier alpha value is -1.46. The number of hydrogen-bond donors (Lipinski definition) is 3. The highest BCUT2D eigenvalue weighted by atomic mass is 35.5. The van der Waals surface area contributed by atoms with Crippen LogP contribution in [-0.2, 0) is 4.79 Å². The Kier molecular flexibility index (Phi) is 4.73. The van der Waals surface area contributed by atoms with Crippen LogP contribution in [0.3, 0.4) is 0 Å². The number of carbonyl (C=O) groups is 2. The third-order valence-electron chi connectivity index (χ3n) is 3.24. The Morgan fingerprint density at radius 2 is 1.80 bits per heavy atom. The number of carboxylic acid groups (broad SMARTS) is 1. The van der Waals surface area contributed by atoms with E-state index in [0.717, 1.165) is 0 Å². The standard InChI is InChI=1S/C13H14Cl2N2O3/c14-8-4-9(15)6-11(5-8)17-13(20)16-10-2-1-7(3-10)12(18)19/h4-7,10H,1-3H2,(H,18,19)(H2,16,17,20)/t7-,10+/m1/s1. The summed E-state index contributed by atoms with van der Waals surface area (Å²) in [5.74, 6) is -1.18. The van der Waals surface area contributed by atoms with Crippen LogP contribution in [0.15, 0.2) is 18.2 Å². The zero-order valence-corrected chi connectivity index (χ0v) is 12.0. The van der Waals surface area contributed by atoms with Crippen LogP contribution in [0.1, 0.15) is 19.3 Å². The minimum atomic E-state index is -0.809. The van der Waals surface area contributed by atoms with Gasteiger partial charge in [-0.25, -0.2) is 4.79 Å². The largest absolute Gasteiger partial charge is 0.481 e. The minimum absolute atomic E-state index is 0.120. The van der Waals surface area contributed by atoms with Crippen molar-refractivity contribution in [3.8, 4) is 0 Å². The number of anilines is 1. The van der Waals surface area contributed by atoms with Crippen molar-refractivity contribution in [3.05, 3.63) is 28.2 Å². The SMILES string of the molecule is O=C(Nc1cc(Cl)cc(Cl)c1)N[C@H]1CC[C@@H](C(=O)O)C1. The first-order valence-electron chi connectivity index (χ1n) is 6.20. The van der Waals surface area contributed by atoms with E-state index in [0.29, 0.717) is 35.0 Å². The van der Waals surface area contributed by atoms with E-state index in [1.807, 2.05) is 0 Å². The molecule has 0 aliphatic heterocycles. The molecule has 0 heterocycles. The molecular formula is C13H14Cl2N2O3. The summed E-state index contributed by atoms with van der Waals surface area (Å²) in [7, 11) is 0. The van der Waals surface area contributed by atoms with Crippen molar-refractivity contribution < 1.29 is 14.7 Å². The molecule has 2 atom stereocenters. The van der Waals surface area contributed by atoms with Crippen LogP contribution in [0, 0.1) is 5.92 Å². The van der Waals surface area contributed by atoms with E-state index in [1.165, 1.54) is 0 Å². The van der Waals surface area contributed by atoms with Gasteiger partial charge in [0.2, 0.25) is 0 Å². The summed E-state index contributed by atoms with van der Waals surface area (Å²) in [5.41, 5.74) is 0.493. The lowest BCUT2D eigenvalue weighted by Gasteiger charge is -2.13. The fourth-order valence-electron chi connectivity index (χ4n) is 2.32. The number of halogens is 2. The number of carbonyl (C=O) groups excluding carboxylic acids is 1. The molecule has 1 saturated carbocycles. The summed E-state index contributed by atoms with van der Waals surface area (Å²) >= 11 is 11.7. The van der Waals surface area contributed by atoms with Crippen molar-refractivity contribution in [2.45, 2.75) is 25.3 Å². The molecule has 1 aromatic rings. The molecule has 1 aromatic carbocycles. The zero-order valence-electron chi connectivity index (χ0n) is 10.5. The predicted molar refractivity (Wildman–Crippen MR) is 77.4 cm³/mol. The first kappa shape index (κ1) is 14.9. The van der Waals surface area contributed by atoms with Crippen molar-refractivity contribution in [2.24, 2.45) is 5.92 Å². The first-order chi connectivity index (χ1) is 9.44. The summed E-state index contributed by atoms with van der Waals surface area (Å²) in [6.45, 7) is 0. The average Bonchev–Trinajstić information content (AvgIpc) is 2.75. The molecule has 3 N–H and O–H groups in total. The highest BCUT2D eigenvalue weighted by Gasteiger charge is 2.30. The van der Waals surface area contributed by atoms with Crippen LogP contribution in [0.2, 0.25) is 10.0 Å². The second kappa shape index (κ2) is 6.33. The molecule has 2 amide bonds. The lowest BCUT2D eigenvalue weighted by atomic mass is 10.1. The number of amides is 2. The molecule has 7 heteroatoms. The van der Waals surface area contributed by atoms with Gasteiger partial charge in [0.05, 0.1) is 5.92 Å². The van der Waals surface area contributed by atoms with Crippen molar-refractivity contribution in [3.63, 3.8) is 0 Å². The second-order valence-electron chi connectivity index (χ2n) is 4.80. The number of carboxylic acids is 1. The van der Waals surface area contributed by atoms with Crippen LogP contribution in [0.4, 0.5) is 10.5 Å². The van der Waals surface area contributed by atoms with Crippen molar-refractivity contribution in [1.29, 1.82) is 0 Å². The van der Waals surface area contributed by atoms with Gasteiger partial charge in [0.15, 0.2) is 0 Å². The third kappa shape index (κ3) is 4.02. The molecule has 5 nitrogen and oxygen atoms in total. The lowest BCUT2D eigenvalue weighted by molar-refractivity contribution is -0.141. The average molecular weight is 317 g/mol. The minimum Gasteiger partial charge on any atom is -0.481 e. The van der Waals surface area contributed by atoms with E-state index in [2.05, 4.69) is 10.6 Å². The highest BCUT2D eigenvalue weighted by Crippen LogP contribution is 2.26. The van der Waals surface area contributed by atoms with Gasteiger partial charge in [-0.05, 0) is 37.5 Å². The maximum absolute atomic E-state index is 11.8.